The highest BCUT2D eigenvalue weighted by molar-refractivity contribution is 5.74. The van der Waals surface area contributed by atoms with Crippen molar-refractivity contribution in [3.63, 3.8) is 0 Å². The fourth-order valence-corrected chi connectivity index (χ4v) is 1.44. The molecule has 0 fully saturated rings. The van der Waals surface area contributed by atoms with Crippen LogP contribution in [0.25, 0.3) is 0 Å². The summed E-state index contributed by atoms with van der Waals surface area (Å²) in [6.07, 6.45) is -0.464. The summed E-state index contributed by atoms with van der Waals surface area (Å²) in [5.41, 5.74) is 0.841. The third-order valence-electron chi connectivity index (χ3n) is 2.41. The van der Waals surface area contributed by atoms with Crippen molar-refractivity contribution in [2.24, 2.45) is 0 Å². The molecule has 0 amide bonds. The number of ether oxygens (including phenoxy) is 1. The van der Waals surface area contributed by atoms with Crippen molar-refractivity contribution in [1.29, 1.82) is 0 Å². The molecule has 6 nitrogen and oxygen atoms in total. The van der Waals surface area contributed by atoms with Gasteiger partial charge in [0.15, 0.2) is 6.10 Å². The van der Waals surface area contributed by atoms with Gasteiger partial charge in [-0.2, -0.15) is 0 Å². The lowest BCUT2D eigenvalue weighted by Gasteiger charge is -2.09. The molecule has 18 heavy (non-hydrogen) atoms. The lowest BCUT2D eigenvalue weighted by molar-refractivity contribution is -0.384. The predicted molar refractivity (Wildman–Crippen MR) is 64.1 cm³/mol. The van der Waals surface area contributed by atoms with Crippen LogP contribution in [0.3, 0.4) is 0 Å². The summed E-state index contributed by atoms with van der Waals surface area (Å²) in [4.78, 5) is 21.1. The summed E-state index contributed by atoms with van der Waals surface area (Å²) in [7, 11) is 0. The fraction of sp³-hybridized carbons (Fsp3) is 0.417. The number of aliphatic hydroxyl groups is 1. The molecule has 1 N–H and O–H groups in total. The Hall–Kier alpha value is -1.95. The second-order valence-electron chi connectivity index (χ2n) is 3.73. The maximum atomic E-state index is 11.1. The SMILES string of the molecule is CCOC(=O)[C@H](O)CCc1ccc([N+](=O)[O-])cc1. The minimum atomic E-state index is -1.15. The van der Waals surface area contributed by atoms with E-state index >= 15 is 0 Å². The molecule has 0 aliphatic carbocycles. The molecule has 0 aliphatic rings. The van der Waals surface area contributed by atoms with E-state index in [0.717, 1.165) is 5.56 Å². The van der Waals surface area contributed by atoms with Crippen molar-refractivity contribution in [2.45, 2.75) is 25.9 Å². The van der Waals surface area contributed by atoms with E-state index in [4.69, 9.17) is 0 Å². The largest absolute Gasteiger partial charge is 0.464 e. The standard InChI is InChI=1S/C12H15NO5/c1-2-18-12(15)11(14)8-5-9-3-6-10(7-4-9)13(16)17/h3-4,6-7,11,14H,2,5,8H2,1H3/t11-/m1/s1. The Morgan fingerprint density at radius 3 is 2.56 bits per heavy atom. The lowest BCUT2D eigenvalue weighted by atomic mass is 10.1. The average Bonchev–Trinajstić information content (AvgIpc) is 2.36. The molecule has 1 aromatic rings. The van der Waals surface area contributed by atoms with Crippen LogP contribution in [-0.2, 0) is 16.0 Å². The highest BCUT2D eigenvalue weighted by atomic mass is 16.6. The fourth-order valence-electron chi connectivity index (χ4n) is 1.44. The molecule has 0 aliphatic heterocycles. The highest BCUT2D eigenvalue weighted by Crippen LogP contribution is 2.13. The van der Waals surface area contributed by atoms with Gasteiger partial charge in [0, 0.05) is 12.1 Å². The molecular weight excluding hydrogens is 238 g/mol. The summed E-state index contributed by atoms with van der Waals surface area (Å²) in [5, 5.41) is 19.9. The molecule has 0 bridgehead atoms. The van der Waals surface area contributed by atoms with E-state index in [1.807, 2.05) is 0 Å². The van der Waals surface area contributed by atoms with Gasteiger partial charge in [0.1, 0.15) is 0 Å². The van der Waals surface area contributed by atoms with Crippen LogP contribution in [-0.4, -0.2) is 28.7 Å². The molecule has 1 atom stereocenters. The molecule has 0 heterocycles. The van der Waals surface area contributed by atoms with Crippen molar-refractivity contribution >= 4 is 11.7 Å². The normalized spacial score (nSPS) is 11.9. The van der Waals surface area contributed by atoms with Crippen LogP contribution < -0.4 is 0 Å². The van der Waals surface area contributed by atoms with Gasteiger partial charge in [0.05, 0.1) is 11.5 Å². The number of nitro benzene ring substituents is 1. The third kappa shape index (κ3) is 4.14. The van der Waals surface area contributed by atoms with Crippen LogP contribution in [0.4, 0.5) is 5.69 Å². The summed E-state index contributed by atoms with van der Waals surface area (Å²) < 4.78 is 4.66. The summed E-state index contributed by atoms with van der Waals surface area (Å²) in [6, 6.07) is 6.00. The summed E-state index contributed by atoms with van der Waals surface area (Å²) in [5.74, 6) is -0.639. The second-order valence-corrected chi connectivity index (χ2v) is 3.73. The van der Waals surface area contributed by atoms with Crippen LogP contribution in [0.2, 0.25) is 0 Å². The number of aryl methyl sites for hydroxylation is 1. The van der Waals surface area contributed by atoms with Crippen LogP contribution >= 0.6 is 0 Å². The predicted octanol–water partition coefficient (Wildman–Crippen LogP) is 1.45. The first-order valence-corrected chi connectivity index (χ1v) is 5.62. The van der Waals surface area contributed by atoms with Crippen LogP contribution in [0, 0.1) is 10.1 Å². The van der Waals surface area contributed by atoms with Gasteiger partial charge in [-0.15, -0.1) is 0 Å². The number of aliphatic hydroxyl groups excluding tert-OH is 1. The topological polar surface area (TPSA) is 89.7 Å². The number of carbonyl (C=O) groups is 1. The van der Waals surface area contributed by atoms with Gasteiger partial charge >= 0.3 is 5.97 Å². The Balaban J connectivity index is 2.48. The Labute approximate surface area is 104 Å². The maximum absolute atomic E-state index is 11.1. The maximum Gasteiger partial charge on any atom is 0.334 e. The molecular formula is C12H15NO5. The molecule has 6 heteroatoms. The van der Waals surface area contributed by atoms with Crippen molar-refractivity contribution in [3.05, 3.63) is 39.9 Å². The van der Waals surface area contributed by atoms with Gasteiger partial charge in [-0.3, -0.25) is 10.1 Å². The van der Waals surface area contributed by atoms with Crippen LogP contribution in [0.1, 0.15) is 18.9 Å². The average molecular weight is 253 g/mol. The molecule has 98 valence electrons. The van der Waals surface area contributed by atoms with Crippen LogP contribution in [0.15, 0.2) is 24.3 Å². The molecule has 0 saturated carbocycles. The molecule has 0 radical (unpaired) electrons. The highest BCUT2D eigenvalue weighted by Gasteiger charge is 2.15. The van der Waals surface area contributed by atoms with E-state index in [0.29, 0.717) is 6.42 Å². The Morgan fingerprint density at radius 1 is 1.44 bits per heavy atom. The van der Waals surface area contributed by atoms with Gasteiger partial charge in [-0.05, 0) is 25.3 Å². The first kappa shape index (κ1) is 14.1. The van der Waals surface area contributed by atoms with E-state index in [1.165, 1.54) is 12.1 Å². The number of hydrogen-bond donors (Lipinski definition) is 1. The van der Waals surface area contributed by atoms with E-state index in [1.54, 1.807) is 19.1 Å². The van der Waals surface area contributed by atoms with Crippen molar-refractivity contribution in [3.8, 4) is 0 Å². The Morgan fingerprint density at radius 2 is 2.06 bits per heavy atom. The number of esters is 1. The number of benzene rings is 1. The van der Waals surface area contributed by atoms with E-state index in [9.17, 15) is 20.0 Å². The number of non-ortho nitro benzene ring substituents is 1. The number of hydrogen-bond acceptors (Lipinski definition) is 5. The van der Waals surface area contributed by atoms with E-state index in [-0.39, 0.29) is 18.7 Å². The zero-order valence-electron chi connectivity index (χ0n) is 10.0. The molecule has 1 rings (SSSR count). The first-order chi connectivity index (χ1) is 8.54. The zero-order chi connectivity index (χ0) is 13.5. The molecule has 0 aromatic heterocycles. The van der Waals surface area contributed by atoms with Crippen LogP contribution in [0.5, 0.6) is 0 Å². The third-order valence-corrected chi connectivity index (χ3v) is 2.41. The lowest BCUT2D eigenvalue weighted by Crippen LogP contribution is -2.23. The van der Waals surface area contributed by atoms with Crippen molar-refractivity contribution in [2.75, 3.05) is 6.61 Å². The zero-order valence-corrected chi connectivity index (χ0v) is 10.0. The summed E-state index contributed by atoms with van der Waals surface area (Å²) >= 11 is 0. The number of nitro groups is 1. The molecule has 0 unspecified atom stereocenters. The van der Waals surface area contributed by atoms with E-state index < -0.39 is 17.0 Å². The first-order valence-electron chi connectivity index (χ1n) is 5.62. The number of nitrogens with zero attached hydrogens (tertiary/aromatic N) is 1. The summed E-state index contributed by atoms with van der Waals surface area (Å²) in [6.45, 7) is 1.90. The molecule has 0 saturated heterocycles. The monoisotopic (exact) mass is 253 g/mol. The minimum absolute atomic E-state index is 0.0182. The second kappa shape index (κ2) is 6.70. The van der Waals surface area contributed by atoms with Gasteiger partial charge in [0.25, 0.3) is 5.69 Å². The molecule has 0 spiro atoms. The van der Waals surface area contributed by atoms with Gasteiger partial charge in [-0.1, -0.05) is 12.1 Å². The van der Waals surface area contributed by atoms with Gasteiger partial charge in [0.2, 0.25) is 0 Å². The molecule has 1 aromatic carbocycles. The van der Waals surface area contributed by atoms with E-state index in [2.05, 4.69) is 4.74 Å². The van der Waals surface area contributed by atoms with Crippen molar-refractivity contribution in [1.82, 2.24) is 0 Å². The number of carbonyl (C=O) groups excluding carboxylic acids is 1. The Bertz CT molecular complexity index is 415. The Kier molecular flexibility index (Phi) is 5.26. The smallest absolute Gasteiger partial charge is 0.334 e. The van der Waals surface area contributed by atoms with Gasteiger partial charge < -0.3 is 9.84 Å². The van der Waals surface area contributed by atoms with Gasteiger partial charge in [-0.25, -0.2) is 4.79 Å². The quantitative estimate of drug-likeness (QED) is 0.471. The minimum Gasteiger partial charge on any atom is -0.464 e. The number of rotatable bonds is 6. The van der Waals surface area contributed by atoms with Crippen molar-refractivity contribution < 1.29 is 19.6 Å².